The number of benzene rings is 1. The summed E-state index contributed by atoms with van der Waals surface area (Å²) < 4.78 is 18.4. The molecule has 0 N–H and O–H groups in total. The molecule has 1 fully saturated rings. The smallest absolute Gasteiger partial charge is 0.141 e. The van der Waals surface area contributed by atoms with Crippen LogP contribution in [0.5, 0.6) is 0 Å². The van der Waals surface area contributed by atoms with Crippen LogP contribution in [0.2, 0.25) is 5.02 Å². The van der Waals surface area contributed by atoms with Crippen molar-refractivity contribution in [3.8, 4) is 0 Å². The lowest BCUT2D eigenvalue weighted by Crippen LogP contribution is -2.21. The Morgan fingerprint density at radius 1 is 1.43 bits per heavy atom. The lowest BCUT2D eigenvalue weighted by molar-refractivity contribution is -0.00867. The molecule has 0 radical (unpaired) electrons. The van der Waals surface area contributed by atoms with Crippen LogP contribution in [0.3, 0.4) is 0 Å². The zero-order valence-electron chi connectivity index (χ0n) is 7.80. The van der Waals surface area contributed by atoms with Crippen LogP contribution in [0.15, 0.2) is 18.2 Å². The third kappa shape index (κ3) is 2.25. The van der Waals surface area contributed by atoms with Crippen molar-refractivity contribution in [2.45, 2.75) is 32.0 Å². The fourth-order valence-electron chi connectivity index (χ4n) is 1.38. The Hall–Kier alpha value is -0.600. The highest BCUT2D eigenvalue weighted by Crippen LogP contribution is 2.24. The van der Waals surface area contributed by atoms with Crippen LogP contribution in [0.4, 0.5) is 4.39 Å². The summed E-state index contributed by atoms with van der Waals surface area (Å²) in [5.41, 5.74) is 0.934. The lowest BCUT2D eigenvalue weighted by Gasteiger charge is -2.25. The Bertz CT molecular complexity index is 323. The van der Waals surface area contributed by atoms with Gasteiger partial charge in [0.2, 0.25) is 0 Å². The van der Waals surface area contributed by atoms with E-state index >= 15 is 0 Å². The van der Waals surface area contributed by atoms with E-state index in [1.54, 1.807) is 12.1 Å². The van der Waals surface area contributed by atoms with Gasteiger partial charge in [-0.3, -0.25) is 0 Å². The van der Waals surface area contributed by atoms with Crippen LogP contribution >= 0.6 is 11.6 Å². The maximum absolute atomic E-state index is 12.8. The second-order valence-corrected chi connectivity index (χ2v) is 4.02. The summed E-state index contributed by atoms with van der Waals surface area (Å²) in [5.74, 6) is -0.376. The van der Waals surface area contributed by atoms with Crippen LogP contribution in [0, 0.1) is 5.82 Å². The molecule has 3 heteroatoms. The monoisotopic (exact) mass is 214 g/mol. The van der Waals surface area contributed by atoms with Crippen molar-refractivity contribution < 1.29 is 9.13 Å². The second kappa shape index (κ2) is 4.28. The summed E-state index contributed by atoms with van der Waals surface area (Å²) in [6, 6.07) is 4.71. The fourth-order valence-corrected chi connectivity index (χ4v) is 1.58. The third-order valence-corrected chi connectivity index (χ3v) is 2.81. The molecule has 0 atom stereocenters. The first-order valence-electron chi connectivity index (χ1n) is 4.81. The Morgan fingerprint density at radius 2 is 2.21 bits per heavy atom. The molecule has 2 rings (SSSR count). The van der Waals surface area contributed by atoms with Crippen molar-refractivity contribution in [3.05, 3.63) is 34.6 Å². The maximum atomic E-state index is 12.8. The predicted molar refractivity (Wildman–Crippen MR) is 53.8 cm³/mol. The van der Waals surface area contributed by atoms with Crippen LogP contribution in [-0.2, 0) is 11.3 Å². The summed E-state index contributed by atoms with van der Waals surface area (Å²) in [4.78, 5) is 0. The zero-order chi connectivity index (χ0) is 9.97. The molecule has 1 aromatic carbocycles. The number of hydrogen-bond donors (Lipinski definition) is 0. The first kappa shape index (κ1) is 9.94. The number of hydrogen-bond acceptors (Lipinski definition) is 1. The Morgan fingerprint density at radius 3 is 2.79 bits per heavy atom. The van der Waals surface area contributed by atoms with Crippen molar-refractivity contribution in [2.75, 3.05) is 0 Å². The van der Waals surface area contributed by atoms with Crippen LogP contribution in [0.25, 0.3) is 0 Å². The number of rotatable bonds is 3. The quantitative estimate of drug-likeness (QED) is 0.748. The summed E-state index contributed by atoms with van der Waals surface area (Å²) >= 11 is 5.65. The highest BCUT2D eigenvalue weighted by Gasteiger charge is 2.17. The van der Waals surface area contributed by atoms with E-state index in [-0.39, 0.29) is 10.8 Å². The van der Waals surface area contributed by atoms with Crippen molar-refractivity contribution >= 4 is 11.6 Å². The largest absolute Gasteiger partial charge is 0.374 e. The Labute approximate surface area is 87.8 Å². The molecular formula is C11H12ClFO. The highest BCUT2D eigenvalue weighted by atomic mass is 35.5. The van der Waals surface area contributed by atoms with Gasteiger partial charge in [0, 0.05) is 0 Å². The van der Waals surface area contributed by atoms with Gasteiger partial charge in [0.05, 0.1) is 17.7 Å². The van der Waals surface area contributed by atoms with E-state index in [0.29, 0.717) is 12.7 Å². The van der Waals surface area contributed by atoms with Gasteiger partial charge in [0.1, 0.15) is 5.82 Å². The molecule has 1 aromatic rings. The summed E-state index contributed by atoms with van der Waals surface area (Å²) in [7, 11) is 0. The maximum Gasteiger partial charge on any atom is 0.141 e. The lowest BCUT2D eigenvalue weighted by atomic mass is 9.96. The third-order valence-electron chi connectivity index (χ3n) is 2.52. The zero-order valence-corrected chi connectivity index (χ0v) is 8.56. The van der Waals surface area contributed by atoms with Crippen molar-refractivity contribution in [1.29, 1.82) is 0 Å². The first-order chi connectivity index (χ1) is 6.75. The molecule has 0 unspecified atom stereocenters. The van der Waals surface area contributed by atoms with Gasteiger partial charge in [-0.2, -0.15) is 0 Å². The van der Waals surface area contributed by atoms with Crippen molar-refractivity contribution in [1.82, 2.24) is 0 Å². The van der Waals surface area contributed by atoms with Gasteiger partial charge in [-0.05, 0) is 37.0 Å². The second-order valence-electron chi connectivity index (χ2n) is 3.61. The molecule has 0 heterocycles. The molecule has 0 saturated heterocycles. The van der Waals surface area contributed by atoms with Crippen molar-refractivity contribution in [2.24, 2.45) is 0 Å². The standard InChI is InChI=1S/C11H12ClFO/c12-10-6-8(4-5-11(10)13)7-14-9-2-1-3-9/h4-6,9H,1-3,7H2. The van der Waals surface area contributed by atoms with E-state index in [1.807, 2.05) is 0 Å². The minimum absolute atomic E-state index is 0.166. The van der Waals surface area contributed by atoms with Crippen LogP contribution in [-0.4, -0.2) is 6.10 Å². The van der Waals surface area contributed by atoms with Crippen LogP contribution < -0.4 is 0 Å². The molecular weight excluding hydrogens is 203 g/mol. The molecule has 0 spiro atoms. The topological polar surface area (TPSA) is 9.23 Å². The van der Waals surface area contributed by atoms with Gasteiger partial charge in [0.15, 0.2) is 0 Å². The highest BCUT2D eigenvalue weighted by molar-refractivity contribution is 6.30. The fraction of sp³-hybridized carbons (Fsp3) is 0.455. The number of ether oxygens (including phenoxy) is 1. The average Bonchev–Trinajstić information content (AvgIpc) is 2.08. The Balaban J connectivity index is 1.91. The first-order valence-corrected chi connectivity index (χ1v) is 5.19. The van der Waals surface area contributed by atoms with Gasteiger partial charge in [-0.15, -0.1) is 0 Å². The molecule has 1 saturated carbocycles. The van der Waals surface area contributed by atoms with E-state index in [9.17, 15) is 4.39 Å². The van der Waals surface area contributed by atoms with Gasteiger partial charge < -0.3 is 4.74 Å². The summed E-state index contributed by atoms with van der Waals surface area (Å²) in [6.45, 7) is 0.532. The molecule has 0 aliphatic heterocycles. The van der Waals surface area contributed by atoms with E-state index in [1.165, 1.54) is 12.5 Å². The molecule has 0 amide bonds. The molecule has 0 aromatic heterocycles. The van der Waals surface area contributed by atoms with Crippen molar-refractivity contribution in [3.63, 3.8) is 0 Å². The van der Waals surface area contributed by atoms with E-state index in [4.69, 9.17) is 16.3 Å². The average molecular weight is 215 g/mol. The normalized spacial score (nSPS) is 16.7. The molecule has 1 nitrogen and oxygen atoms in total. The van der Waals surface area contributed by atoms with E-state index in [0.717, 1.165) is 18.4 Å². The van der Waals surface area contributed by atoms with E-state index < -0.39 is 0 Å². The summed E-state index contributed by atoms with van der Waals surface area (Å²) in [6.07, 6.45) is 3.96. The summed E-state index contributed by atoms with van der Waals surface area (Å²) in [5, 5.41) is 0.166. The minimum atomic E-state index is -0.376. The van der Waals surface area contributed by atoms with E-state index in [2.05, 4.69) is 0 Å². The van der Waals surface area contributed by atoms with Gasteiger partial charge in [-0.25, -0.2) is 4.39 Å². The van der Waals surface area contributed by atoms with Gasteiger partial charge in [0.25, 0.3) is 0 Å². The molecule has 14 heavy (non-hydrogen) atoms. The number of halogens is 2. The molecule has 1 aliphatic carbocycles. The predicted octanol–water partition coefficient (Wildman–Crippen LogP) is 3.55. The van der Waals surface area contributed by atoms with Gasteiger partial charge in [-0.1, -0.05) is 17.7 Å². The molecule has 76 valence electrons. The van der Waals surface area contributed by atoms with Crippen LogP contribution in [0.1, 0.15) is 24.8 Å². The molecule has 0 bridgehead atoms. The Kier molecular flexibility index (Phi) is 3.04. The minimum Gasteiger partial charge on any atom is -0.374 e. The van der Waals surface area contributed by atoms with Gasteiger partial charge >= 0.3 is 0 Å². The molecule has 1 aliphatic rings. The SMILES string of the molecule is Fc1ccc(COC2CCC2)cc1Cl.